The van der Waals surface area contributed by atoms with Gasteiger partial charge in [0.1, 0.15) is 6.10 Å². The number of esters is 1. The third kappa shape index (κ3) is 4.11. The van der Waals surface area contributed by atoms with Gasteiger partial charge in [-0.1, -0.05) is 0 Å². The molecule has 0 bridgehead atoms. The van der Waals surface area contributed by atoms with Crippen LogP contribution < -0.4 is 0 Å². The van der Waals surface area contributed by atoms with Gasteiger partial charge in [-0.15, -0.1) is 0 Å². The zero-order valence-electron chi connectivity index (χ0n) is 14.7. The molecule has 6 heteroatoms. The molecule has 2 heterocycles. The number of aromatic nitrogens is 1. The van der Waals surface area contributed by atoms with E-state index in [9.17, 15) is 9.59 Å². The van der Waals surface area contributed by atoms with Gasteiger partial charge in [-0.05, 0) is 61.6 Å². The topological polar surface area (TPSA) is 79.7 Å². The summed E-state index contributed by atoms with van der Waals surface area (Å²) < 4.78 is 5.65. The van der Waals surface area contributed by atoms with Crippen molar-refractivity contribution in [1.82, 2.24) is 9.88 Å². The van der Waals surface area contributed by atoms with Gasteiger partial charge in [0.25, 0.3) is 0 Å². The first-order valence-electron chi connectivity index (χ1n) is 9.04. The maximum atomic E-state index is 11.6. The zero-order valence-corrected chi connectivity index (χ0v) is 14.7. The van der Waals surface area contributed by atoms with E-state index >= 15 is 0 Å². The SMILES string of the molecule is CC(=O)OC(c1ccncc1)C1CCC2(CC1)CCN(C(=O)O)CC2. The maximum Gasteiger partial charge on any atom is 0.407 e. The molecule has 136 valence electrons. The Hall–Kier alpha value is -2.11. The Morgan fingerprint density at radius 1 is 1.20 bits per heavy atom. The van der Waals surface area contributed by atoms with E-state index in [2.05, 4.69) is 4.98 Å². The minimum Gasteiger partial charge on any atom is -0.465 e. The summed E-state index contributed by atoms with van der Waals surface area (Å²) in [5.74, 6) is 0.0614. The molecule has 1 N–H and O–H groups in total. The number of nitrogens with zero attached hydrogens (tertiary/aromatic N) is 2. The average molecular weight is 346 g/mol. The van der Waals surface area contributed by atoms with Gasteiger partial charge < -0.3 is 14.7 Å². The number of ether oxygens (including phenoxy) is 1. The third-order valence-corrected chi connectivity index (χ3v) is 5.94. The third-order valence-electron chi connectivity index (χ3n) is 5.94. The molecule has 1 atom stereocenters. The van der Waals surface area contributed by atoms with Gasteiger partial charge in [-0.25, -0.2) is 4.79 Å². The molecule has 3 rings (SSSR count). The summed E-state index contributed by atoms with van der Waals surface area (Å²) in [5, 5.41) is 9.12. The molecule has 1 saturated heterocycles. The Morgan fingerprint density at radius 3 is 2.32 bits per heavy atom. The molecule has 1 aliphatic heterocycles. The normalized spacial score (nSPS) is 21.7. The van der Waals surface area contributed by atoms with Crippen LogP contribution in [0.3, 0.4) is 0 Å². The largest absolute Gasteiger partial charge is 0.465 e. The number of likely N-dealkylation sites (tertiary alicyclic amines) is 1. The van der Waals surface area contributed by atoms with E-state index in [0.717, 1.165) is 44.1 Å². The van der Waals surface area contributed by atoms with Crippen LogP contribution in [0.1, 0.15) is 57.1 Å². The van der Waals surface area contributed by atoms with Crippen LogP contribution in [0.4, 0.5) is 4.79 Å². The van der Waals surface area contributed by atoms with Crippen molar-refractivity contribution in [3.63, 3.8) is 0 Å². The standard InChI is InChI=1S/C19H26N2O4/c1-14(22)25-17(16-4-10-20-11-5-16)15-2-6-19(7-3-15)8-12-21(13-9-19)18(23)24/h4-5,10-11,15,17H,2-3,6-9,12-13H2,1H3,(H,23,24). The first-order valence-corrected chi connectivity index (χ1v) is 9.04. The molecule has 1 spiro atoms. The monoisotopic (exact) mass is 346 g/mol. The van der Waals surface area contributed by atoms with Gasteiger partial charge in [0.15, 0.2) is 0 Å². The Balaban J connectivity index is 1.64. The molecule has 1 amide bonds. The predicted molar refractivity (Wildman–Crippen MR) is 92.0 cm³/mol. The number of rotatable bonds is 3. The van der Waals surface area contributed by atoms with Crippen LogP contribution in [0.15, 0.2) is 24.5 Å². The number of carbonyl (C=O) groups excluding carboxylic acids is 1. The van der Waals surface area contributed by atoms with Crippen LogP contribution in [-0.4, -0.2) is 40.1 Å². The fourth-order valence-electron chi connectivity index (χ4n) is 4.40. The maximum absolute atomic E-state index is 11.6. The lowest BCUT2D eigenvalue weighted by Gasteiger charge is -2.46. The van der Waals surface area contributed by atoms with Crippen molar-refractivity contribution < 1.29 is 19.4 Å². The summed E-state index contributed by atoms with van der Waals surface area (Å²) in [6.07, 6.45) is 8.50. The second-order valence-corrected chi connectivity index (χ2v) is 7.42. The van der Waals surface area contributed by atoms with Crippen LogP contribution in [-0.2, 0) is 9.53 Å². The van der Waals surface area contributed by atoms with Crippen LogP contribution in [0.2, 0.25) is 0 Å². The Bertz CT molecular complexity index is 601. The van der Waals surface area contributed by atoms with E-state index in [1.165, 1.54) is 11.8 Å². The van der Waals surface area contributed by atoms with Gasteiger partial charge in [0.05, 0.1) is 0 Å². The van der Waals surface area contributed by atoms with E-state index in [0.29, 0.717) is 19.0 Å². The molecule has 25 heavy (non-hydrogen) atoms. The van der Waals surface area contributed by atoms with Crippen molar-refractivity contribution in [1.29, 1.82) is 0 Å². The molecule has 1 aliphatic carbocycles. The molecule has 1 aromatic rings. The number of pyridine rings is 1. The van der Waals surface area contributed by atoms with Crippen LogP contribution >= 0.6 is 0 Å². The number of amides is 1. The molecule has 1 unspecified atom stereocenters. The second kappa shape index (κ2) is 7.42. The van der Waals surface area contributed by atoms with Crippen molar-refractivity contribution in [2.75, 3.05) is 13.1 Å². The number of carboxylic acid groups (broad SMARTS) is 1. The van der Waals surface area contributed by atoms with Crippen LogP contribution in [0.5, 0.6) is 0 Å². The summed E-state index contributed by atoms with van der Waals surface area (Å²) >= 11 is 0. The van der Waals surface area contributed by atoms with E-state index in [-0.39, 0.29) is 17.5 Å². The molecule has 0 radical (unpaired) electrons. The van der Waals surface area contributed by atoms with Crippen molar-refractivity contribution >= 4 is 12.1 Å². The van der Waals surface area contributed by atoms with E-state index in [1.54, 1.807) is 12.4 Å². The van der Waals surface area contributed by atoms with Gasteiger partial charge >= 0.3 is 12.1 Å². The summed E-state index contributed by atoms with van der Waals surface area (Å²) in [5.41, 5.74) is 1.27. The number of carbonyl (C=O) groups is 2. The van der Waals surface area contributed by atoms with E-state index in [1.807, 2.05) is 12.1 Å². The number of piperidine rings is 1. The van der Waals surface area contributed by atoms with Crippen molar-refractivity contribution in [2.24, 2.45) is 11.3 Å². The molecule has 6 nitrogen and oxygen atoms in total. The van der Waals surface area contributed by atoms with Crippen molar-refractivity contribution in [3.8, 4) is 0 Å². The molecular formula is C19H26N2O4. The average Bonchev–Trinajstić information content (AvgIpc) is 2.62. The van der Waals surface area contributed by atoms with Gasteiger partial charge in [-0.3, -0.25) is 9.78 Å². The quantitative estimate of drug-likeness (QED) is 0.845. The lowest BCUT2D eigenvalue weighted by atomic mass is 9.64. The van der Waals surface area contributed by atoms with Gasteiger partial charge in [0, 0.05) is 38.3 Å². The molecule has 2 fully saturated rings. The Kier molecular flexibility index (Phi) is 5.25. The summed E-state index contributed by atoms with van der Waals surface area (Å²) in [7, 11) is 0. The fourth-order valence-corrected chi connectivity index (χ4v) is 4.40. The molecule has 1 saturated carbocycles. The number of hydrogen-bond acceptors (Lipinski definition) is 4. The van der Waals surface area contributed by atoms with Crippen molar-refractivity contribution in [3.05, 3.63) is 30.1 Å². The van der Waals surface area contributed by atoms with E-state index in [4.69, 9.17) is 9.84 Å². The highest BCUT2D eigenvalue weighted by Crippen LogP contribution is 2.49. The minimum atomic E-state index is -0.809. The fraction of sp³-hybridized carbons (Fsp3) is 0.632. The molecule has 0 aromatic carbocycles. The molecule has 2 aliphatic rings. The first kappa shape index (κ1) is 17.7. The smallest absolute Gasteiger partial charge is 0.407 e. The van der Waals surface area contributed by atoms with Crippen molar-refractivity contribution in [2.45, 2.75) is 51.6 Å². The lowest BCUT2D eigenvalue weighted by molar-refractivity contribution is -0.151. The molecular weight excluding hydrogens is 320 g/mol. The second-order valence-electron chi connectivity index (χ2n) is 7.42. The van der Waals surface area contributed by atoms with Gasteiger partial charge in [0.2, 0.25) is 0 Å². The van der Waals surface area contributed by atoms with Crippen LogP contribution in [0.25, 0.3) is 0 Å². The van der Waals surface area contributed by atoms with Crippen LogP contribution in [0, 0.1) is 11.3 Å². The number of hydrogen-bond donors (Lipinski definition) is 1. The summed E-state index contributed by atoms with van der Waals surface area (Å²) in [6, 6.07) is 3.84. The highest BCUT2D eigenvalue weighted by molar-refractivity contribution is 5.66. The highest BCUT2D eigenvalue weighted by Gasteiger charge is 2.41. The van der Waals surface area contributed by atoms with Gasteiger partial charge in [-0.2, -0.15) is 0 Å². The Labute approximate surface area is 148 Å². The summed E-state index contributed by atoms with van der Waals surface area (Å²) in [6.45, 7) is 2.73. The Morgan fingerprint density at radius 2 is 1.80 bits per heavy atom. The first-order chi connectivity index (χ1) is 12.0. The highest BCUT2D eigenvalue weighted by atomic mass is 16.5. The molecule has 1 aromatic heterocycles. The predicted octanol–water partition coefficient (Wildman–Crippen LogP) is 3.64. The van der Waals surface area contributed by atoms with E-state index < -0.39 is 6.09 Å². The zero-order chi connectivity index (χ0) is 17.9. The minimum absolute atomic E-state index is 0.211. The lowest BCUT2D eigenvalue weighted by Crippen LogP contribution is -2.44. The summed E-state index contributed by atoms with van der Waals surface area (Å²) in [4.78, 5) is 28.2.